The maximum absolute atomic E-state index is 12.7. The smallest absolute Gasteiger partial charge is 0.236 e. The number of methoxy groups -OCH3 is 1. The first-order valence-corrected chi connectivity index (χ1v) is 9.30. The van der Waals surface area contributed by atoms with Crippen molar-refractivity contribution in [3.8, 4) is 5.75 Å². The lowest BCUT2D eigenvalue weighted by molar-refractivity contribution is -0.131. The topological polar surface area (TPSA) is 32.8 Å². The molecular weight excluding hydrogens is 324 g/mol. The van der Waals surface area contributed by atoms with Gasteiger partial charge in [-0.05, 0) is 49.1 Å². The Bertz CT molecular complexity index is 717. The Morgan fingerprint density at radius 2 is 1.92 bits per heavy atom. The first-order valence-electron chi connectivity index (χ1n) is 9.30. The summed E-state index contributed by atoms with van der Waals surface area (Å²) in [7, 11) is 3.54. The Morgan fingerprint density at radius 3 is 2.69 bits per heavy atom. The maximum Gasteiger partial charge on any atom is 0.236 e. The van der Waals surface area contributed by atoms with E-state index in [1.54, 1.807) is 7.11 Å². The van der Waals surface area contributed by atoms with Crippen molar-refractivity contribution >= 4 is 5.91 Å². The number of ether oxygens (including phenoxy) is 1. The average Bonchev–Trinajstić information content (AvgIpc) is 3.09. The second-order valence-electron chi connectivity index (χ2n) is 7.06. The third-order valence-corrected chi connectivity index (χ3v) is 5.13. The molecule has 1 amide bonds. The van der Waals surface area contributed by atoms with Crippen LogP contribution in [0.4, 0.5) is 0 Å². The van der Waals surface area contributed by atoms with E-state index < -0.39 is 0 Å². The SMILES string of the molecule is COc1cccc(CN(C)C(=O)CN2CCCC2Cc2ccccc2)c1. The molecule has 2 aromatic rings. The third kappa shape index (κ3) is 4.85. The molecule has 1 unspecified atom stereocenters. The molecule has 1 fully saturated rings. The summed E-state index contributed by atoms with van der Waals surface area (Å²) in [6.07, 6.45) is 3.36. The minimum absolute atomic E-state index is 0.174. The maximum atomic E-state index is 12.7. The van der Waals surface area contributed by atoms with Gasteiger partial charge in [0.15, 0.2) is 0 Å². The van der Waals surface area contributed by atoms with Crippen LogP contribution in [0.15, 0.2) is 54.6 Å². The summed E-state index contributed by atoms with van der Waals surface area (Å²) in [6.45, 7) is 2.11. The molecule has 0 N–H and O–H groups in total. The number of nitrogens with zero attached hydrogens (tertiary/aromatic N) is 2. The highest BCUT2D eigenvalue weighted by Gasteiger charge is 2.27. The van der Waals surface area contributed by atoms with E-state index in [9.17, 15) is 4.79 Å². The van der Waals surface area contributed by atoms with Gasteiger partial charge in [-0.15, -0.1) is 0 Å². The fourth-order valence-corrected chi connectivity index (χ4v) is 3.65. The summed E-state index contributed by atoms with van der Waals surface area (Å²) < 4.78 is 5.26. The summed E-state index contributed by atoms with van der Waals surface area (Å²) >= 11 is 0. The highest BCUT2D eigenvalue weighted by molar-refractivity contribution is 5.78. The van der Waals surface area contributed by atoms with Crippen LogP contribution < -0.4 is 4.74 Å². The van der Waals surface area contributed by atoms with Gasteiger partial charge in [0.1, 0.15) is 5.75 Å². The van der Waals surface area contributed by atoms with E-state index in [1.165, 1.54) is 18.4 Å². The predicted molar refractivity (Wildman–Crippen MR) is 104 cm³/mol. The second-order valence-corrected chi connectivity index (χ2v) is 7.06. The Hall–Kier alpha value is -2.33. The summed E-state index contributed by atoms with van der Waals surface area (Å²) in [6, 6.07) is 18.9. The van der Waals surface area contributed by atoms with Crippen molar-refractivity contribution in [3.63, 3.8) is 0 Å². The normalized spacial score (nSPS) is 17.2. The van der Waals surface area contributed by atoms with E-state index in [0.29, 0.717) is 19.1 Å². The zero-order chi connectivity index (χ0) is 18.4. The minimum Gasteiger partial charge on any atom is -0.497 e. The van der Waals surface area contributed by atoms with Crippen molar-refractivity contribution in [2.45, 2.75) is 31.8 Å². The molecule has 3 rings (SSSR count). The number of carbonyl (C=O) groups excluding carboxylic acids is 1. The molecule has 1 atom stereocenters. The van der Waals surface area contributed by atoms with Crippen molar-refractivity contribution in [2.75, 3.05) is 27.2 Å². The summed E-state index contributed by atoms with van der Waals surface area (Å²) in [5.41, 5.74) is 2.43. The van der Waals surface area contributed by atoms with Gasteiger partial charge < -0.3 is 9.64 Å². The largest absolute Gasteiger partial charge is 0.497 e. The third-order valence-electron chi connectivity index (χ3n) is 5.13. The van der Waals surface area contributed by atoms with Gasteiger partial charge >= 0.3 is 0 Å². The predicted octanol–water partition coefficient (Wildman–Crippen LogP) is 3.36. The average molecular weight is 352 g/mol. The molecular formula is C22H28N2O2. The molecule has 0 saturated carbocycles. The molecule has 26 heavy (non-hydrogen) atoms. The molecule has 0 aromatic heterocycles. The highest BCUT2D eigenvalue weighted by Crippen LogP contribution is 2.21. The van der Waals surface area contributed by atoms with Crippen LogP contribution in [0.25, 0.3) is 0 Å². The quantitative estimate of drug-likeness (QED) is 0.766. The van der Waals surface area contributed by atoms with Gasteiger partial charge in [-0.25, -0.2) is 0 Å². The van der Waals surface area contributed by atoms with Gasteiger partial charge in [-0.3, -0.25) is 9.69 Å². The highest BCUT2D eigenvalue weighted by atomic mass is 16.5. The number of hydrogen-bond acceptors (Lipinski definition) is 3. The van der Waals surface area contributed by atoms with Crippen molar-refractivity contribution in [2.24, 2.45) is 0 Å². The van der Waals surface area contributed by atoms with Crippen LogP contribution in [0.5, 0.6) is 5.75 Å². The first-order chi connectivity index (χ1) is 12.7. The number of rotatable bonds is 7. The standard InChI is InChI=1S/C22H28N2O2/c1-23(16-19-10-6-12-21(15-19)26-2)22(25)17-24-13-7-11-20(24)14-18-8-4-3-5-9-18/h3-6,8-10,12,15,20H,7,11,13-14,16-17H2,1-2H3. The van der Waals surface area contributed by atoms with Crippen LogP contribution in [0, 0.1) is 0 Å². The lowest BCUT2D eigenvalue weighted by Gasteiger charge is -2.26. The van der Waals surface area contributed by atoms with E-state index in [1.807, 2.05) is 42.3 Å². The van der Waals surface area contributed by atoms with Gasteiger partial charge in [0.2, 0.25) is 5.91 Å². The van der Waals surface area contributed by atoms with Crippen LogP contribution in [0.2, 0.25) is 0 Å². The fourth-order valence-electron chi connectivity index (χ4n) is 3.65. The van der Waals surface area contributed by atoms with Crippen LogP contribution >= 0.6 is 0 Å². The number of carbonyl (C=O) groups is 1. The van der Waals surface area contributed by atoms with E-state index in [4.69, 9.17) is 4.74 Å². The molecule has 0 bridgehead atoms. The van der Waals surface area contributed by atoms with E-state index in [2.05, 4.69) is 29.2 Å². The number of likely N-dealkylation sites (tertiary alicyclic amines) is 1. The number of likely N-dealkylation sites (N-methyl/N-ethyl adjacent to an activating group) is 1. The van der Waals surface area contributed by atoms with Crippen LogP contribution in [0.3, 0.4) is 0 Å². The summed E-state index contributed by atoms with van der Waals surface area (Å²) in [5, 5.41) is 0. The fraction of sp³-hybridized carbons (Fsp3) is 0.409. The number of amides is 1. The molecule has 1 aliphatic rings. The van der Waals surface area contributed by atoms with Crippen molar-refractivity contribution in [1.82, 2.24) is 9.80 Å². The Balaban J connectivity index is 1.55. The van der Waals surface area contributed by atoms with Gasteiger partial charge in [-0.1, -0.05) is 42.5 Å². The lowest BCUT2D eigenvalue weighted by atomic mass is 10.0. The monoisotopic (exact) mass is 352 g/mol. The minimum atomic E-state index is 0.174. The number of benzene rings is 2. The first kappa shape index (κ1) is 18.5. The second kappa shape index (κ2) is 8.86. The molecule has 0 spiro atoms. The van der Waals surface area contributed by atoms with Gasteiger partial charge in [0.25, 0.3) is 0 Å². The molecule has 4 heteroatoms. The summed E-state index contributed by atoms with van der Waals surface area (Å²) in [5.74, 6) is 0.999. The van der Waals surface area contributed by atoms with Crippen molar-refractivity contribution in [3.05, 3.63) is 65.7 Å². The zero-order valence-electron chi connectivity index (χ0n) is 15.7. The molecule has 1 heterocycles. The molecule has 0 aliphatic carbocycles. The van der Waals surface area contributed by atoms with E-state index in [-0.39, 0.29) is 5.91 Å². The number of hydrogen-bond donors (Lipinski definition) is 0. The van der Waals surface area contributed by atoms with Crippen LogP contribution in [-0.4, -0.2) is 49.0 Å². The Morgan fingerprint density at radius 1 is 1.15 bits per heavy atom. The molecule has 2 aromatic carbocycles. The van der Waals surface area contributed by atoms with Crippen LogP contribution in [0.1, 0.15) is 24.0 Å². The molecule has 4 nitrogen and oxygen atoms in total. The Labute approximate surface area is 156 Å². The van der Waals surface area contributed by atoms with E-state index >= 15 is 0 Å². The van der Waals surface area contributed by atoms with Crippen molar-refractivity contribution in [1.29, 1.82) is 0 Å². The Kier molecular flexibility index (Phi) is 6.29. The summed E-state index contributed by atoms with van der Waals surface area (Å²) in [4.78, 5) is 16.9. The molecule has 1 aliphatic heterocycles. The van der Waals surface area contributed by atoms with E-state index in [0.717, 1.165) is 24.3 Å². The van der Waals surface area contributed by atoms with Crippen molar-refractivity contribution < 1.29 is 9.53 Å². The zero-order valence-corrected chi connectivity index (χ0v) is 15.7. The lowest BCUT2D eigenvalue weighted by Crippen LogP contribution is -2.41. The molecule has 1 saturated heterocycles. The molecule has 0 radical (unpaired) electrons. The van der Waals surface area contributed by atoms with Gasteiger partial charge in [-0.2, -0.15) is 0 Å². The van der Waals surface area contributed by atoms with Gasteiger partial charge in [0, 0.05) is 19.6 Å². The van der Waals surface area contributed by atoms with Crippen LogP contribution in [-0.2, 0) is 17.8 Å². The van der Waals surface area contributed by atoms with Gasteiger partial charge in [0.05, 0.1) is 13.7 Å². The molecule has 138 valence electrons.